The molecule has 0 saturated heterocycles. The number of nitrogens with one attached hydrogen (secondary N) is 1. The van der Waals surface area contributed by atoms with Gasteiger partial charge in [0.05, 0.1) is 24.1 Å². The average molecular weight is 274 g/mol. The van der Waals surface area contributed by atoms with E-state index < -0.39 is 5.91 Å². The molecule has 3 rings (SSSR count). The van der Waals surface area contributed by atoms with Crippen LogP contribution in [0.5, 0.6) is 0 Å². The molecule has 106 valence electrons. The molecule has 3 N–H and O–H groups in total. The molecule has 0 radical (unpaired) electrons. The molecule has 0 aliphatic heterocycles. The van der Waals surface area contributed by atoms with Crippen molar-refractivity contribution in [2.45, 2.75) is 31.8 Å². The Morgan fingerprint density at radius 3 is 3.15 bits per heavy atom. The van der Waals surface area contributed by atoms with Crippen molar-refractivity contribution in [3.05, 3.63) is 29.8 Å². The van der Waals surface area contributed by atoms with Crippen molar-refractivity contribution in [1.29, 1.82) is 0 Å². The molecule has 1 aliphatic rings. The van der Waals surface area contributed by atoms with E-state index in [1.165, 1.54) is 15.9 Å². The first-order valence-corrected chi connectivity index (χ1v) is 6.71. The van der Waals surface area contributed by atoms with Crippen LogP contribution >= 0.6 is 0 Å². The minimum absolute atomic E-state index is 0.102. The van der Waals surface area contributed by atoms with E-state index >= 15 is 0 Å². The number of nitrogens with zero attached hydrogens (tertiary/aromatic N) is 4. The van der Waals surface area contributed by atoms with Crippen LogP contribution in [0.25, 0.3) is 0 Å². The Labute approximate surface area is 116 Å². The van der Waals surface area contributed by atoms with E-state index in [-0.39, 0.29) is 12.6 Å². The number of aromatic nitrogens is 4. The maximum Gasteiger partial charge on any atom is 0.239 e. The van der Waals surface area contributed by atoms with E-state index in [0.29, 0.717) is 0 Å². The van der Waals surface area contributed by atoms with Crippen LogP contribution in [0, 0.1) is 0 Å². The fourth-order valence-corrected chi connectivity index (χ4v) is 2.74. The van der Waals surface area contributed by atoms with Crippen LogP contribution in [0.2, 0.25) is 0 Å². The van der Waals surface area contributed by atoms with Crippen molar-refractivity contribution in [2.24, 2.45) is 12.8 Å². The van der Waals surface area contributed by atoms with E-state index in [9.17, 15) is 4.79 Å². The number of fused-ring (bicyclic) bond motifs is 1. The van der Waals surface area contributed by atoms with Gasteiger partial charge in [-0.1, -0.05) is 0 Å². The molecule has 0 bridgehead atoms. The van der Waals surface area contributed by atoms with Crippen LogP contribution in [0.1, 0.15) is 30.1 Å². The molecule has 7 heteroatoms. The number of hydrogen-bond acceptors (Lipinski definition) is 4. The molecule has 1 amide bonds. The van der Waals surface area contributed by atoms with Crippen LogP contribution in [0.4, 0.5) is 5.69 Å². The van der Waals surface area contributed by atoms with Gasteiger partial charge < -0.3 is 11.1 Å². The first kappa shape index (κ1) is 12.7. The van der Waals surface area contributed by atoms with Crippen LogP contribution in [-0.2, 0) is 24.8 Å². The second kappa shape index (κ2) is 4.99. The molecule has 20 heavy (non-hydrogen) atoms. The van der Waals surface area contributed by atoms with Gasteiger partial charge in [0.1, 0.15) is 6.54 Å². The summed E-state index contributed by atoms with van der Waals surface area (Å²) in [6.45, 7) is 0.102. The summed E-state index contributed by atoms with van der Waals surface area (Å²) < 4.78 is 3.48. The topological polar surface area (TPSA) is 90.8 Å². The predicted molar refractivity (Wildman–Crippen MR) is 73.9 cm³/mol. The quantitative estimate of drug-likeness (QED) is 0.853. The third-order valence-electron chi connectivity index (χ3n) is 3.67. The fourth-order valence-electron chi connectivity index (χ4n) is 2.74. The normalized spacial score (nSPS) is 17.8. The highest BCUT2D eigenvalue weighted by molar-refractivity contribution is 5.73. The highest BCUT2D eigenvalue weighted by Gasteiger charge is 2.23. The van der Waals surface area contributed by atoms with E-state index in [1.807, 2.05) is 17.9 Å². The lowest BCUT2D eigenvalue weighted by Gasteiger charge is -2.23. The minimum atomic E-state index is -0.396. The van der Waals surface area contributed by atoms with Gasteiger partial charge in [0, 0.05) is 24.5 Å². The maximum absolute atomic E-state index is 10.9. The number of anilines is 1. The number of nitrogens with two attached hydrogens (primary N) is 1. The number of aryl methyl sites for hydroxylation is 1. The molecule has 2 heterocycles. The summed E-state index contributed by atoms with van der Waals surface area (Å²) in [7, 11) is 1.98. The molecule has 0 saturated carbocycles. The van der Waals surface area contributed by atoms with E-state index in [2.05, 4.69) is 15.5 Å². The molecule has 1 atom stereocenters. The summed E-state index contributed by atoms with van der Waals surface area (Å²) in [6.07, 6.45) is 8.73. The van der Waals surface area contributed by atoms with Crippen LogP contribution in [0.3, 0.4) is 0 Å². The van der Waals surface area contributed by atoms with E-state index in [1.54, 1.807) is 12.4 Å². The summed E-state index contributed by atoms with van der Waals surface area (Å²) in [6, 6.07) is 0.249. The first-order valence-electron chi connectivity index (χ1n) is 6.71. The molecule has 1 aliphatic carbocycles. The predicted octanol–water partition coefficient (Wildman–Crippen LogP) is 0.591. The summed E-state index contributed by atoms with van der Waals surface area (Å²) in [5, 5.41) is 11.9. The van der Waals surface area contributed by atoms with Gasteiger partial charge in [-0.15, -0.1) is 0 Å². The summed E-state index contributed by atoms with van der Waals surface area (Å²) in [4.78, 5) is 10.9. The van der Waals surface area contributed by atoms with Crippen molar-refractivity contribution >= 4 is 11.6 Å². The van der Waals surface area contributed by atoms with Gasteiger partial charge in [-0.2, -0.15) is 10.2 Å². The van der Waals surface area contributed by atoms with Crippen molar-refractivity contribution in [3.63, 3.8) is 0 Å². The number of carbonyl (C=O) groups excluding carboxylic acids is 1. The summed E-state index contributed by atoms with van der Waals surface area (Å²) in [5.74, 6) is -0.396. The standard InChI is InChI=1S/C13H18N6O/c1-18-12-4-2-3-11(10(12)6-15-18)17-9-5-16-19(7-9)8-13(14)20/h5-7,11,17H,2-4,8H2,1H3,(H2,14,20). The number of primary amides is 1. The number of amides is 1. The zero-order valence-corrected chi connectivity index (χ0v) is 11.4. The molecular weight excluding hydrogens is 256 g/mol. The van der Waals surface area contributed by atoms with Crippen molar-refractivity contribution in [3.8, 4) is 0 Å². The third kappa shape index (κ3) is 2.38. The SMILES string of the molecule is Cn1ncc2c1CCCC2Nc1cnn(CC(N)=O)c1. The van der Waals surface area contributed by atoms with Gasteiger partial charge in [-0.3, -0.25) is 14.2 Å². The fraction of sp³-hybridized carbons (Fsp3) is 0.462. The van der Waals surface area contributed by atoms with Crippen LogP contribution in [-0.4, -0.2) is 25.5 Å². The maximum atomic E-state index is 10.9. The lowest BCUT2D eigenvalue weighted by atomic mass is 9.93. The largest absolute Gasteiger partial charge is 0.376 e. The molecule has 7 nitrogen and oxygen atoms in total. The van der Waals surface area contributed by atoms with E-state index in [4.69, 9.17) is 5.73 Å². The number of hydrogen-bond donors (Lipinski definition) is 2. The Morgan fingerprint density at radius 2 is 2.35 bits per heavy atom. The molecule has 0 fully saturated rings. The van der Waals surface area contributed by atoms with Crippen LogP contribution in [0.15, 0.2) is 18.6 Å². The van der Waals surface area contributed by atoms with Crippen molar-refractivity contribution in [1.82, 2.24) is 19.6 Å². The zero-order valence-electron chi connectivity index (χ0n) is 11.4. The third-order valence-corrected chi connectivity index (χ3v) is 3.67. The second-order valence-corrected chi connectivity index (χ2v) is 5.15. The zero-order chi connectivity index (χ0) is 14.1. The minimum Gasteiger partial charge on any atom is -0.376 e. The van der Waals surface area contributed by atoms with Gasteiger partial charge in [0.15, 0.2) is 0 Å². The Bertz CT molecular complexity index is 629. The van der Waals surface area contributed by atoms with Crippen LogP contribution < -0.4 is 11.1 Å². The lowest BCUT2D eigenvalue weighted by molar-refractivity contribution is -0.118. The highest BCUT2D eigenvalue weighted by Crippen LogP contribution is 2.31. The van der Waals surface area contributed by atoms with E-state index in [0.717, 1.165) is 24.9 Å². The Kier molecular flexibility index (Phi) is 3.17. The number of rotatable bonds is 4. The number of carbonyl (C=O) groups is 1. The van der Waals surface area contributed by atoms with Crippen molar-refractivity contribution in [2.75, 3.05) is 5.32 Å². The second-order valence-electron chi connectivity index (χ2n) is 5.15. The molecule has 0 aromatic carbocycles. The molecule has 0 spiro atoms. The molecule has 2 aromatic rings. The summed E-state index contributed by atoms with van der Waals surface area (Å²) in [5.41, 5.74) is 8.59. The molecule has 1 unspecified atom stereocenters. The smallest absolute Gasteiger partial charge is 0.239 e. The molecular formula is C13H18N6O. The lowest BCUT2D eigenvalue weighted by Crippen LogP contribution is -2.19. The Balaban J connectivity index is 1.75. The van der Waals surface area contributed by atoms with Gasteiger partial charge in [-0.25, -0.2) is 0 Å². The van der Waals surface area contributed by atoms with Gasteiger partial charge in [-0.05, 0) is 19.3 Å². The van der Waals surface area contributed by atoms with Crippen molar-refractivity contribution < 1.29 is 4.79 Å². The first-order chi connectivity index (χ1) is 9.63. The van der Waals surface area contributed by atoms with Gasteiger partial charge in [0.25, 0.3) is 0 Å². The highest BCUT2D eigenvalue weighted by atomic mass is 16.1. The monoisotopic (exact) mass is 274 g/mol. The van der Waals surface area contributed by atoms with Gasteiger partial charge >= 0.3 is 0 Å². The van der Waals surface area contributed by atoms with Gasteiger partial charge in [0.2, 0.25) is 5.91 Å². The molecule has 2 aromatic heterocycles. The Hall–Kier alpha value is -2.31. The Morgan fingerprint density at radius 1 is 1.50 bits per heavy atom. The average Bonchev–Trinajstić information content (AvgIpc) is 2.98. The summed E-state index contributed by atoms with van der Waals surface area (Å²) >= 11 is 0.